The van der Waals surface area contributed by atoms with Crippen LogP contribution in [0.5, 0.6) is 0 Å². The maximum absolute atomic E-state index is 11.2. The van der Waals surface area contributed by atoms with Gasteiger partial charge in [0.05, 0.1) is 4.92 Å². The fourth-order valence-electron chi connectivity index (χ4n) is 1.94. The number of nitro groups is 1. The summed E-state index contributed by atoms with van der Waals surface area (Å²) in [5.74, 6) is 0. The maximum atomic E-state index is 11.2. The predicted molar refractivity (Wildman–Crippen MR) is 74.3 cm³/mol. The normalized spacial score (nSPS) is 12.5. The van der Waals surface area contributed by atoms with Gasteiger partial charge in [0, 0.05) is 23.9 Å². The Balaban J connectivity index is 3.12. The van der Waals surface area contributed by atoms with Crippen LogP contribution in [0, 0.1) is 10.1 Å². The molecule has 0 aliphatic heterocycles. The summed E-state index contributed by atoms with van der Waals surface area (Å²) in [6, 6.07) is 6.32. The van der Waals surface area contributed by atoms with E-state index in [1.54, 1.807) is 17.0 Å². The highest BCUT2D eigenvalue weighted by molar-refractivity contribution is 5.66. The lowest BCUT2D eigenvalue weighted by Crippen LogP contribution is -2.49. The summed E-state index contributed by atoms with van der Waals surface area (Å²) in [6.07, 6.45) is 0.461. The second-order valence-corrected chi connectivity index (χ2v) is 4.79. The Morgan fingerprint density at radius 2 is 1.74 bits per heavy atom. The van der Waals surface area contributed by atoms with Crippen LogP contribution in [0.4, 0.5) is 11.4 Å². The van der Waals surface area contributed by atoms with Crippen LogP contribution in [-0.2, 0) is 4.79 Å². The molecular formula is C13H19N3O3. The second kappa shape index (κ2) is 6.29. The van der Waals surface area contributed by atoms with Crippen molar-refractivity contribution in [1.82, 2.24) is 4.90 Å². The van der Waals surface area contributed by atoms with Crippen molar-refractivity contribution in [3.8, 4) is 0 Å². The van der Waals surface area contributed by atoms with Gasteiger partial charge in [-0.05, 0) is 40.1 Å². The lowest BCUT2D eigenvalue weighted by atomic mass is 10.2. The van der Waals surface area contributed by atoms with E-state index in [0.717, 1.165) is 12.0 Å². The van der Waals surface area contributed by atoms with E-state index in [0.29, 0.717) is 0 Å². The van der Waals surface area contributed by atoms with Gasteiger partial charge in [0.15, 0.2) is 6.29 Å². The summed E-state index contributed by atoms with van der Waals surface area (Å²) in [5.41, 5.74) is 0.825. The lowest BCUT2D eigenvalue weighted by molar-refractivity contribution is -0.384. The van der Waals surface area contributed by atoms with E-state index in [4.69, 9.17) is 0 Å². The van der Waals surface area contributed by atoms with Gasteiger partial charge >= 0.3 is 0 Å². The minimum atomic E-state index is -0.438. The van der Waals surface area contributed by atoms with Crippen molar-refractivity contribution >= 4 is 17.7 Å². The first-order valence-electron chi connectivity index (χ1n) is 6.03. The molecule has 1 aromatic rings. The first kappa shape index (κ1) is 15.1. The van der Waals surface area contributed by atoms with Gasteiger partial charge in [-0.25, -0.2) is 0 Å². The fourth-order valence-corrected chi connectivity index (χ4v) is 1.94. The number of carbonyl (C=O) groups excluding carboxylic acids is 1. The summed E-state index contributed by atoms with van der Waals surface area (Å²) >= 11 is 0. The van der Waals surface area contributed by atoms with Gasteiger partial charge in [-0.3, -0.25) is 19.8 Å². The van der Waals surface area contributed by atoms with Crippen molar-refractivity contribution in [3.05, 3.63) is 34.4 Å². The number of likely N-dealkylation sites (N-methyl/N-ethyl adjacent to an activating group) is 1. The zero-order chi connectivity index (χ0) is 14.6. The number of anilines is 1. The van der Waals surface area contributed by atoms with Crippen molar-refractivity contribution in [2.24, 2.45) is 0 Å². The van der Waals surface area contributed by atoms with Crippen LogP contribution in [0.15, 0.2) is 24.3 Å². The van der Waals surface area contributed by atoms with Crippen LogP contribution in [0.25, 0.3) is 0 Å². The topological polar surface area (TPSA) is 66.7 Å². The molecular weight excluding hydrogens is 246 g/mol. The molecule has 0 N–H and O–H groups in total. The summed E-state index contributed by atoms with van der Waals surface area (Å²) in [5, 5.41) is 10.6. The molecule has 0 heterocycles. The fraction of sp³-hybridized carbons (Fsp3) is 0.462. The molecule has 1 atom stereocenters. The molecule has 0 aliphatic carbocycles. The monoisotopic (exact) mass is 265 g/mol. The van der Waals surface area contributed by atoms with E-state index >= 15 is 0 Å². The molecule has 104 valence electrons. The Labute approximate surface area is 112 Å². The molecule has 0 spiro atoms. The first-order chi connectivity index (χ1) is 8.88. The lowest BCUT2D eigenvalue weighted by Gasteiger charge is -2.37. The maximum Gasteiger partial charge on any atom is 0.269 e. The molecule has 1 rings (SSSR count). The van der Waals surface area contributed by atoms with Gasteiger partial charge in [0.25, 0.3) is 5.69 Å². The summed E-state index contributed by atoms with van der Waals surface area (Å²) in [7, 11) is 3.64. The molecule has 0 fully saturated rings. The molecule has 0 amide bonds. The van der Waals surface area contributed by atoms with Gasteiger partial charge < -0.3 is 4.90 Å². The van der Waals surface area contributed by atoms with Crippen molar-refractivity contribution in [2.45, 2.75) is 26.1 Å². The number of aldehydes is 1. The molecule has 0 radical (unpaired) electrons. The molecule has 19 heavy (non-hydrogen) atoms. The summed E-state index contributed by atoms with van der Waals surface area (Å²) in [4.78, 5) is 25.2. The molecule has 0 saturated heterocycles. The third kappa shape index (κ3) is 3.51. The number of benzene rings is 1. The number of hydrogen-bond donors (Lipinski definition) is 0. The van der Waals surface area contributed by atoms with E-state index in [-0.39, 0.29) is 11.7 Å². The number of rotatable bonds is 6. The standard InChI is InChI=1S/C13H19N3O3/c1-10(2)15(13(9-17)14(3)4)11-5-7-12(8-6-11)16(18)19/h5-10,13H,1-4H3. The highest BCUT2D eigenvalue weighted by Gasteiger charge is 2.23. The number of nitro benzene ring substituents is 1. The minimum Gasteiger partial charge on any atom is -0.347 e. The van der Waals surface area contributed by atoms with Gasteiger partial charge in [0.1, 0.15) is 6.17 Å². The number of nitrogens with zero attached hydrogens (tertiary/aromatic N) is 3. The number of hydrogen-bond acceptors (Lipinski definition) is 5. The zero-order valence-corrected chi connectivity index (χ0v) is 11.6. The van der Waals surface area contributed by atoms with E-state index in [9.17, 15) is 14.9 Å². The van der Waals surface area contributed by atoms with Crippen LogP contribution >= 0.6 is 0 Å². The molecule has 6 heteroatoms. The molecule has 0 aliphatic rings. The molecule has 1 unspecified atom stereocenters. The number of carbonyl (C=O) groups is 1. The molecule has 6 nitrogen and oxygen atoms in total. The molecule has 0 aromatic heterocycles. The van der Waals surface area contributed by atoms with Crippen LogP contribution in [0.3, 0.4) is 0 Å². The molecule has 0 saturated carbocycles. The van der Waals surface area contributed by atoms with Gasteiger partial charge in [-0.1, -0.05) is 0 Å². The number of non-ortho nitro benzene ring substituents is 1. The highest BCUT2D eigenvalue weighted by Crippen LogP contribution is 2.23. The average Bonchev–Trinajstić information content (AvgIpc) is 2.34. The quantitative estimate of drug-likeness (QED) is 0.340. The van der Waals surface area contributed by atoms with Crippen molar-refractivity contribution in [1.29, 1.82) is 0 Å². The summed E-state index contributed by atoms with van der Waals surface area (Å²) in [6.45, 7) is 3.95. The first-order valence-corrected chi connectivity index (χ1v) is 6.03. The van der Waals surface area contributed by atoms with Crippen LogP contribution in [0.1, 0.15) is 13.8 Å². The highest BCUT2D eigenvalue weighted by atomic mass is 16.6. The third-order valence-corrected chi connectivity index (χ3v) is 2.85. The van der Waals surface area contributed by atoms with E-state index in [2.05, 4.69) is 0 Å². The summed E-state index contributed by atoms with van der Waals surface area (Å²) < 4.78 is 0. The van der Waals surface area contributed by atoms with E-state index in [1.807, 2.05) is 32.8 Å². The van der Waals surface area contributed by atoms with Crippen molar-refractivity contribution in [2.75, 3.05) is 19.0 Å². The molecule has 0 bridgehead atoms. The van der Waals surface area contributed by atoms with Crippen LogP contribution < -0.4 is 4.90 Å². The van der Waals surface area contributed by atoms with Crippen LogP contribution in [-0.4, -0.2) is 42.4 Å². The van der Waals surface area contributed by atoms with Crippen molar-refractivity contribution in [3.63, 3.8) is 0 Å². The van der Waals surface area contributed by atoms with E-state index in [1.165, 1.54) is 12.1 Å². The Hall–Kier alpha value is -1.95. The average molecular weight is 265 g/mol. The van der Waals surface area contributed by atoms with E-state index < -0.39 is 11.1 Å². The largest absolute Gasteiger partial charge is 0.347 e. The Morgan fingerprint density at radius 3 is 2.05 bits per heavy atom. The Morgan fingerprint density at radius 1 is 1.21 bits per heavy atom. The smallest absolute Gasteiger partial charge is 0.269 e. The van der Waals surface area contributed by atoms with Gasteiger partial charge in [0.2, 0.25) is 0 Å². The van der Waals surface area contributed by atoms with Crippen molar-refractivity contribution < 1.29 is 9.72 Å². The van der Waals surface area contributed by atoms with Gasteiger partial charge in [-0.2, -0.15) is 0 Å². The second-order valence-electron chi connectivity index (χ2n) is 4.79. The Kier molecular flexibility index (Phi) is 5.00. The molecule has 1 aromatic carbocycles. The zero-order valence-electron chi connectivity index (χ0n) is 11.6. The Bertz CT molecular complexity index is 443. The SMILES string of the molecule is CC(C)N(c1ccc([N+](=O)[O-])cc1)C(C=O)N(C)C. The minimum absolute atomic E-state index is 0.0416. The third-order valence-electron chi connectivity index (χ3n) is 2.85. The van der Waals surface area contributed by atoms with Crippen LogP contribution in [0.2, 0.25) is 0 Å². The van der Waals surface area contributed by atoms with Gasteiger partial charge in [-0.15, -0.1) is 0 Å². The predicted octanol–water partition coefficient (Wildman–Crippen LogP) is 1.90.